The van der Waals surface area contributed by atoms with E-state index in [0.717, 1.165) is 11.1 Å². The van der Waals surface area contributed by atoms with Crippen molar-refractivity contribution in [3.8, 4) is 0 Å². The summed E-state index contributed by atoms with van der Waals surface area (Å²) in [6.45, 7) is 1.95. The van der Waals surface area contributed by atoms with Crippen LogP contribution in [0.5, 0.6) is 0 Å². The Morgan fingerprint density at radius 2 is 1.75 bits per heavy atom. The van der Waals surface area contributed by atoms with Crippen LogP contribution in [0.25, 0.3) is 10.8 Å². The molecule has 5 heteroatoms. The molecule has 2 aromatic carbocycles. The van der Waals surface area contributed by atoms with Gasteiger partial charge in [0.15, 0.2) is 0 Å². The van der Waals surface area contributed by atoms with Crippen molar-refractivity contribution in [3.05, 3.63) is 42.5 Å². The van der Waals surface area contributed by atoms with Gasteiger partial charge < -0.3 is 14.4 Å². The molecular weight excluding hydrogens is 273 g/mol. The zero-order chi connectivity index (χ0) is 14.6. The van der Waals surface area contributed by atoms with E-state index >= 15 is 0 Å². The molecule has 4 nitrogen and oxygen atoms in total. The van der Waals surface area contributed by atoms with E-state index < -0.39 is 7.60 Å². The Kier molecular flexibility index (Phi) is 4.81. The van der Waals surface area contributed by atoms with Crippen LogP contribution in [0.15, 0.2) is 42.5 Å². The molecule has 0 heterocycles. The van der Waals surface area contributed by atoms with E-state index in [9.17, 15) is 4.57 Å². The first kappa shape index (κ1) is 15.0. The highest BCUT2D eigenvalue weighted by molar-refractivity contribution is 7.54. The van der Waals surface area contributed by atoms with Crippen molar-refractivity contribution in [2.24, 2.45) is 0 Å². The number of benzene rings is 2. The van der Waals surface area contributed by atoms with E-state index in [4.69, 9.17) is 9.05 Å². The molecular formula is C15H20NO3P. The van der Waals surface area contributed by atoms with Gasteiger partial charge in [-0.25, -0.2) is 0 Å². The van der Waals surface area contributed by atoms with Crippen LogP contribution in [-0.2, 0) is 13.6 Å². The molecule has 0 aliphatic heterocycles. The van der Waals surface area contributed by atoms with Gasteiger partial charge >= 0.3 is 7.60 Å². The molecule has 0 aromatic heterocycles. The summed E-state index contributed by atoms with van der Waals surface area (Å²) in [4.78, 5) is 0. The highest BCUT2D eigenvalue weighted by Crippen LogP contribution is 2.52. The fraction of sp³-hybridized carbons (Fsp3) is 0.333. The lowest BCUT2D eigenvalue weighted by atomic mass is 10.1. The zero-order valence-corrected chi connectivity index (χ0v) is 12.9. The summed E-state index contributed by atoms with van der Waals surface area (Å²) < 4.78 is 22.6. The van der Waals surface area contributed by atoms with Gasteiger partial charge in [0.2, 0.25) is 0 Å². The minimum absolute atomic E-state index is 0.362. The van der Waals surface area contributed by atoms with E-state index in [1.165, 1.54) is 19.6 Å². The molecule has 0 aliphatic carbocycles. The van der Waals surface area contributed by atoms with Crippen molar-refractivity contribution in [2.75, 3.05) is 19.5 Å². The van der Waals surface area contributed by atoms with Crippen LogP contribution >= 0.6 is 7.60 Å². The maximum absolute atomic E-state index is 12.4. The molecule has 0 spiro atoms. The minimum Gasteiger partial charge on any atom is -0.372 e. The predicted molar refractivity (Wildman–Crippen MR) is 83.3 cm³/mol. The number of anilines is 1. The fourth-order valence-corrected chi connectivity index (χ4v) is 3.62. The highest BCUT2D eigenvalue weighted by atomic mass is 31.2. The van der Waals surface area contributed by atoms with Crippen LogP contribution in [0.1, 0.15) is 13.3 Å². The predicted octanol–water partition coefficient (Wildman–Crippen LogP) is 4.47. The first-order valence-corrected chi connectivity index (χ1v) is 8.20. The van der Waals surface area contributed by atoms with Crippen molar-refractivity contribution in [1.29, 1.82) is 0 Å². The van der Waals surface area contributed by atoms with Crippen LogP contribution in [0, 0.1) is 0 Å². The number of hydrogen-bond donors (Lipinski definition) is 1. The van der Waals surface area contributed by atoms with Gasteiger partial charge in [-0.1, -0.05) is 37.3 Å². The molecule has 0 saturated carbocycles. The van der Waals surface area contributed by atoms with Gasteiger partial charge in [-0.05, 0) is 29.3 Å². The van der Waals surface area contributed by atoms with Gasteiger partial charge in [0.05, 0.1) is 0 Å². The largest absolute Gasteiger partial charge is 0.372 e. The SMILES string of the molecule is CCC(Nc1ccc2ccccc2c1)P(=O)(OC)OC. The standard InChI is InChI=1S/C15H20NO3P/c1-4-15(20(17,18-2)19-3)16-14-10-9-12-7-5-6-8-13(12)11-14/h5-11,15-16H,4H2,1-3H3. The summed E-state index contributed by atoms with van der Waals surface area (Å²) in [6.07, 6.45) is 0.645. The van der Waals surface area contributed by atoms with E-state index in [2.05, 4.69) is 11.4 Å². The van der Waals surface area contributed by atoms with E-state index in [1.807, 2.05) is 43.3 Å². The zero-order valence-electron chi connectivity index (χ0n) is 12.0. The number of fused-ring (bicyclic) bond motifs is 1. The average Bonchev–Trinajstić information content (AvgIpc) is 2.51. The summed E-state index contributed by atoms with van der Waals surface area (Å²) >= 11 is 0. The second kappa shape index (κ2) is 6.40. The Morgan fingerprint density at radius 1 is 1.10 bits per heavy atom. The normalized spacial score (nSPS) is 13.3. The van der Waals surface area contributed by atoms with Crippen molar-refractivity contribution in [2.45, 2.75) is 19.1 Å². The molecule has 20 heavy (non-hydrogen) atoms. The minimum atomic E-state index is -3.13. The summed E-state index contributed by atoms with van der Waals surface area (Å²) in [5.41, 5.74) is 0.907. The van der Waals surface area contributed by atoms with Gasteiger partial charge in [0.25, 0.3) is 0 Å². The monoisotopic (exact) mass is 293 g/mol. The Morgan fingerprint density at radius 3 is 2.35 bits per heavy atom. The van der Waals surface area contributed by atoms with E-state index in [1.54, 1.807) is 0 Å². The Bertz CT molecular complexity index is 621. The summed E-state index contributed by atoms with van der Waals surface area (Å²) in [6, 6.07) is 14.2. The molecule has 1 N–H and O–H groups in total. The second-order valence-electron chi connectivity index (χ2n) is 4.54. The topological polar surface area (TPSA) is 47.6 Å². The van der Waals surface area contributed by atoms with Crippen molar-refractivity contribution < 1.29 is 13.6 Å². The van der Waals surface area contributed by atoms with Gasteiger partial charge in [-0.2, -0.15) is 0 Å². The van der Waals surface area contributed by atoms with Crippen LogP contribution in [-0.4, -0.2) is 20.0 Å². The lowest BCUT2D eigenvalue weighted by molar-refractivity contribution is 0.267. The molecule has 0 bridgehead atoms. The van der Waals surface area contributed by atoms with Crippen LogP contribution < -0.4 is 5.32 Å². The van der Waals surface area contributed by atoms with Crippen LogP contribution in [0.2, 0.25) is 0 Å². The first-order valence-electron chi connectivity index (χ1n) is 6.59. The Balaban J connectivity index is 2.27. The molecule has 1 unspecified atom stereocenters. The number of hydrogen-bond acceptors (Lipinski definition) is 4. The van der Waals surface area contributed by atoms with Gasteiger partial charge in [-0.15, -0.1) is 0 Å². The fourth-order valence-electron chi connectivity index (χ4n) is 2.21. The van der Waals surface area contributed by atoms with Gasteiger partial charge in [0.1, 0.15) is 5.78 Å². The molecule has 0 fully saturated rings. The first-order chi connectivity index (χ1) is 9.62. The van der Waals surface area contributed by atoms with Crippen molar-refractivity contribution >= 4 is 24.1 Å². The molecule has 0 radical (unpaired) electrons. The molecule has 108 valence electrons. The van der Waals surface area contributed by atoms with Gasteiger partial charge in [-0.3, -0.25) is 4.57 Å². The Hall–Kier alpha value is -1.35. The molecule has 2 aromatic rings. The van der Waals surface area contributed by atoms with Crippen LogP contribution in [0.3, 0.4) is 0 Å². The van der Waals surface area contributed by atoms with Crippen molar-refractivity contribution in [3.63, 3.8) is 0 Å². The molecule has 1 atom stereocenters. The quantitative estimate of drug-likeness (QED) is 0.798. The lowest BCUT2D eigenvalue weighted by Crippen LogP contribution is -2.20. The summed E-state index contributed by atoms with van der Waals surface area (Å²) in [5, 5.41) is 5.56. The second-order valence-corrected chi connectivity index (χ2v) is 6.97. The summed E-state index contributed by atoms with van der Waals surface area (Å²) in [7, 11) is -0.305. The number of rotatable bonds is 6. The molecule has 0 saturated heterocycles. The Labute approximate surface area is 119 Å². The smallest absolute Gasteiger partial charge is 0.352 e. The third-order valence-corrected chi connectivity index (χ3v) is 5.64. The maximum Gasteiger partial charge on any atom is 0.352 e. The third kappa shape index (κ3) is 3.04. The van der Waals surface area contributed by atoms with Gasteiger partial charge in [0, 0.05) is 19.9 Å². The molecule has 0 aliphatic rings. The maximum atomic E-state index is 12.4. The third-order valence-electron chi connectivity index (χ3n) is 3.36. The highest BCUT2D eigenvalue weighted by Gasteiger charge is 2.32. The summed E-state index contributed by atoms with van der Waals surface area (Å²) in [5.74, 6) is -0.362. The molecule has 2 rings (SSSR count). The van der Waals surface area contributed by atoms with Crippen molar-refractivity contribution in [1.82, 2.24) is 0 Å². The number of nitrogens with one attached hydrogen (secondary N) is 1. The molecule has 0 amide bonds. The lowest BCUT2D eigenvalue weighted by Gasteiger charge is -2.25. The van der Waals surface area contributed by atoms with Crippen LogP contribution in [0.4, 0.5) is 5.69 Å². The van der Waals surface area contributed by atoms with E-state index in [0.29, 0.717) is 6.42 Å². The average molecular weight is 293 g/mol. The van der Waals surface area contributed by atoms with E-state index in [-0.39, 0.29) is 5.78 Å².